The minimum absolute atomic E-state index is 0.00283. The van der Waals surface area contributed by atoms with Crippen molar-refractivity contribution in [2.45, 2.75) is 50.3 Å². The summed E-state index contributed by atoms with van der Waals surface area (Å²) in [5, 5.41) is 0. The highest BCUT2D eigenvalue weighted by atomic mass is 32.2. The molecule has 1 amide bonds. The molecule has 1 heterocycles. The normalized spacial score (nSPS) is 18.6. The van der Waals surface area contributed by atoms with Gasteiger partial charge in [0, 0.05) is 0 Å². The van der Waals surface area contributed by atoms with E-state index in [4.69, 9.17) is 18.9 Å². The number of aryl methyl sites for hydroxylation is 1. The molecular weight excluding hydrogens is 458 g/mol. The van der Waals surface area contributed by atoms with Gasteiger partial charge in [0.15, 0.2) is 5.79 Å². The molecule has 0 N–H and O–H groups in total. The average Bonchev–Trinajstić information content (AvgIpc) is 3.18. The van der Waals surface area contributed by atoms with Gasteiger partial charge in [-0.3, -0.25) is 0 Å². The summed E-state index contributed by atoms with van der Waals surface area (Å²) in [6.07, 6.45) is 1.36. The average molecular weight is 490 g/mol. The maximum atomic E-state index is 13.1. The molecule has 2 atom stereocenters. The third kappa shape index (κ3) is 6.66. The topological polar surface area (TPSA) is 91.4 Å². The summed E-state index contributed by atoms with van der Waals surface area (Å²) >= 11 is 0. The molecule has 0 spiro atoms. The van der Waals surface area contributed by atoms with Crippen LogP contribution in [-0.4, -0.2) is 57.1 Å². The lowest BCUT2D eigenvalue weighted by Crippen LogP contribution is -2.37. The number of carbonyl (C=O) groups is 1. The van der Waals surface area contributed by atoms with Gasteiger partial charge in [-0.25, -0.2) is 13.2 Å². The van der Waals surface area contributed by atoms with Gasteiger partial charge in [-0.15, -0.1) is 0 Å². The molecule has 0 bridgehead atoms. The third-order valence-corrected chi connectivity index (χ3v) is 7.01. The number of rotatable bonds is 9. The second-order valence-electron chi connectivity index (χ2n) is 8.38. The second-order valence-corrected chi connectivity index (χ2v) is 10.2. The van der Waals surface area contributed by atoms with Crippen LogP contribution in [0.5, 0.6) is 0 Å². The number of amides is 1. The Hall–Kier alpha value is -2.72. The van der Waals surface area contributed by atoms with E-state index in [-0.39, 0.29) is 11.4 Å². The van der Waals surface area contributed by atoms with Crippen molar-refractivity contribution in [3.8, 4) is 0 Å². The van der Waals surface area contributed by atoms with Crippen molar-refractivity contribution in [2.24, 2.45) is 0 Å². The lowest BCUT2D eigenvalue weighted by molar-refractivity contribution is -0.152. The highest BCUT2D eigenvalue weighted by Crippen LogP contribution is 2.26. The van der Waals surface area contributed by atoms with Crippen molar-refractivity contribution in [1.82, 2.24) is 4.31 Å². The zero-order valence-electron chi connectivity index (χ0n) is 19.8. The van der Waals surface area contributed by atoms with Crippen LogP contribution in [0, 0.1) is 6.92 Å². The van der Waals surface area contributed by atoms with Gasteiger partial charge in [0.05, 0.1) is 31.8 Å². The Morgan fingerprint density at radius 3 is 2.44 bits per heavy atom. The fraction of sp³-hybridized carbons (Fsp3) is 0.400. The molecule has 1 fully saturated rings. The Labute approximate surface area is 201 Å². The van der Waals surface area contributed by atoms with Crippen LogP contribution in [0.25, 0.3) is 0 Å². The standard InChI is InChI=1S/C25H31NO7S/c1-19-12-14-21(15-13-19)34(28,29)26(24(27)30-4)16-8-11-22(23-18-32-25(2,3)33-23)31-17-20-9-6-5-7-10-20/h5-15,22-23H,16-18H2,1-4H3/b11-8+/t22-,23-/m1/s1. The fourth-order valence-corrected chi connectivity index (χ4v) is 4.72. The van der Waals surface area contributed by atoms with Crippen molar-refractivity contribution in [1.29, 1.82) is 0 Å². The van der Waals surface area contributed by atoms with E-state index in [1.807, 2.05) is 51.1 Å². The first-order valence-corrected chi connectivity index (χ1v) is 12.4. The molecular formula is C25H31NO7S. The first-order valence-electron chi connectivity index (χ1n) is 10.9. The van der Waals surface area contributed by atoms with Crippen LogP contribution in [-0.2, 0) is 35.6 Å². The first-order chi connectivity index (χ1) is 16.1. The Bertz CT molecular complexity index is 1080. The van der Waals surface area contributed by atoms with Gasteiger partial charge in [-0.1, -0.05) is 60.2 Å². The molecule has 9 heteroatoms. The fourth-order valence-electron chi connectivity index (χ4n) is 3.43. The molecule has 0 aromatic heterocycles. The molecule has 8 nitrogen and oxygen atoms in total. The Kier molecular flexibility index (Phi) is 8.48. The summed E-state index contributed by atoms with van der Waals surface area (Å²) in [6.45, 7) is 5.90. The van der Waals surface area contributed by atoms with Crippen molar-refractivity contribution in [3.05, 3.63) is 77.9 Å². The smallest absolute Gasteiger partial charge is 0.423 e. The Morgan fingerprint density at radius 2 is 1.85 bits per heavy atom. The largest absolute Gasteiger partial charge is 0.452 e. The third-order valence-electron chi connectivity index (χ3n) is 5.27. The monoisotopic (exact) mass is 489 g/mol. The molecule has 2 aromatic rings. The van der Waals surface area contributed by atoms with Crippen molar-refractivity contribution < 1.29 is 32.2 Å². The van der Waals surface area contributed by atoms with Crippen LogP contribution in [0.15, 0.2) is 71.6 Å². The lowest BCUT2D eigenvalue weighted by atomic mass is 10.2. The number of sulfonamides is 1. The predicted octanol–water partition coefficient (Wildman–Crippen LogP) is 4.05. The van der Waals surface area contributed by atoms with Crippen LogP contribution < -0.4 is 0 Å². The molecule has 0 unspecified atom stereocenters. The lowest BCUT2D eigenvalue weighted by Gasteiger charge is -2.23. The highest BCUT2D eigenvalue weighted by molar-refractivity contribution is 7.89. The number of benzene rings is 2. The van der Waals surface area contributed by atoms with Crippen LogP contribution in [0.2, 0.25) is 0 Å². The number of ether oxygens (including phenoxy) is 4. The Morgan fingerprint density at radius 1 is 1.18 bits per heavy atom. The van der Waals surface area contributed by atoms with Gasteiger partial charge in [-0.05, 0) is 38.5 Å². The second kappa shape index (κ2) is 11.1. The maximum Gasteiger partial charge on any atom is 0.423 e. The summed E-state index contributed by atoms with van der Waals surface area (Å²) in [6, 6.07) is 15.9. The number of carbonyl (C=O) groups excluding carboxylic acids is 1. The predicted molar refractivity (Wildman–Crippen MR) is 127 cm³/mol. The molecule has 0 radical (unpaired) electrons. The molecule has 1 aliphatic heterocycles. The SMILES string of the molecule is COC(=O)N(C/C=C/[C@@H](OCc1ccccc1)[C@H]1COC(C)(C)O1)S(=O)(=O)c1ccc(C)cc1. The van der Waals surface area contributed by atoms with E-state index in [1.165, 1.54) is 12.1 Å². The summed E-state index contributed by atoms with van der Waals surface area (Å²) in [5.41, 5.74) is 1.89. The zero-order valence-corrected chi connectivity index (χ0v) is 20.7. The molecule has 0 aliphatic carbocycles. The first kappa shape index (κ1) is 25.9. The van der Waals surface area contributed by atoms with E-state index in [1.54, 1.807) is 24.3 Å². The van der Waals surface area contributed by atoms with Crippen molar-refractivity contribution in [2.75, 3.05) is 20.3 Å². The van der Waals surface area contributed by atoms with Crippen molar-refractivity contribution >= 4 is 16.1 Å². The summed E-state index contributed by atoms with van der Waals surface area (Å²) in [7, 11) is -2.97. The van der Waals surface area contributed by atoms with Gasteiger partial charge in [0.25, 0.3) is 10.0 Å². The molecule has 184 valence electrons. The van der Waals surface area contributed by atoms with E-state index in [0.717, 1.165) is 18.2 Å². The van der Waals surface area contributed by atoms with Crippen molar-refractivity contribution in [3.63, 3.8) is 0 Å². The maximum absolute atomic E-state index is 13.1. The number of hydrogen-bond acceptors (Lipinski definition) is 7. The summed E-state index contributed by atoms with van der Waals surface area (Å²) in [4.78, 5) is 12.3. The molecule has 2 aromatic carbocycles. The van der Waals surface area contributed by atoms with Gasteiger partial charge in [0.2, 0.25) is 0 Å². The molecule has 0 saturated carbocycles. The van der Waals surface area contributed by atoms with Gasteiger partial charge < -0.3 is 18.9 Å². The van der Waals surface area contributed by atoms with Crippen LogP contribution in [0.1, 0.15) is 25.0 Å². The summed E-state index contributed by atoms with van der Waals surface area (Å²) < 4.78 is 49.3. The molecule has 3 rings (SSSR count). The van der Waals surface area contributed by atoms with E-state index in [9.17, 15) is 13.2 Å². The van der Waals surface area contributed by atoms with Gasteiger partial charge in [-0.2, -0.15) is 4.31 Å². The van der Waals surface area contributed by atoms with Gasteiger partial charge in [0.1, 0.15) is 12.2 Å². The van der Waals surface area contributed by atoms with Gasteiger partial charge >= 0.3 is 6.09 Å². The van der Waals surface area contributed by atoms with E-state index in [2.05, 4.69) is 0 Å². The van der Waals surface area contributed by atoms with E-state index < -0.39 is 34.1 Å². The minimum Gasteiger partial charge on any atom is -0.452 e. The van der Waals surface area contributed by atoms with Crippen LogP contribution in [0.4, 0.5) is 4.79 Å². The van der Waals surface area contributed by atoms with E-state index in [0.29, 0.717) is 17.5 Å². The number of nitrogens with zero attached hydrogens (tertiary/aromatic N) is 1. The number of hydrogen-bond donors (Lipinski definition) is 0. The van der Waals surface area contributed by atoms with Crippen LogP contribution in [0.3, 0.4) is 0 Å². The molecule has 34 heavy (non-hydrogen) atoms. The van der Waals surface area contributed by atoms with Crippen LogP contribution >= 0.6 is 0 Å². The zero-order chi connectivity index (χ0) is 24.8. The summed E-state index contributed by atoms with van der Waals surface area (Å²) in [5.74, 6) is -0.750. The van der Waals surface area contributed by atoms with E-state index >= 15 is 0 Å². The minimum atomic E-state index is -4.11. The highest BCUT2D eigenvalue weighted by Gasteiger charge is 2.37. The Balaban J connectivity index is 1.78. The number of methoxy groups -OCH3 is 1. The quantitative estimate of drug-likeness (QED) is 0.491. The molecule has 1 saturated heterocycles. The molecule has 1 aliphatic rings.